The van der Waals surface area contributed by atoms with Gasteiger partial charge in [0.25, 0.3) is 0 Å². The van der Waals surface area contributed by atoms with Gasteiger partial charge in [-0.1, -0.05) is 23.7 Å². The quantitative estimate of drug-likeness (QED) is 0.853. The minimum Gasteiger partial charge on any atom is -0.494 e. The summed E-state index contributed by atoms with van der Waals surface area (Å²) in [5.74, 6) is 0.760. The minimum absolute atomic E-state index is 0.0732. The minimum atomic E-state index is 0.0732. The number of methoxy groups -OCH3 is 1. The van der Waals surface area contributed by atoms with Crippen LogP contribution in [0, 0.1) is 6.92 Å². The summed E-state index contributed by atoms with van der Waals surface area (Å²) in [6, 6.07) is 5.59. The molecule has 0 N–H and O–H groups in total. The number of hydrogen-bond donors (Lipinski definition) is 0. The molecule has 0 aliphatic heterocycles. The number of para-hydroxylation sites is 1. The Balaban J connectivity index is 2.74. The highest BCUT2D eigenvalue weighted by Crippen LogP contribution is 2.33. The fraction of sp³-hybridized carbons (Fsp3) is 0.286. The second-order valence-corrected chi connectivity index (χ2v) is 4.60. The number of aromatic nitrogens is 1. The maximum atomic E-state index is 11.3. The lowest BCUT2D eigenvalue weighted by molar-refractivity contribution is -0.116. The smallest absolute Gasteiger partial charge is 0.145 e. The van der Waals surface area contributed by atoms with E-state index in [1.165, 1.54) is 0 Å². The Labute approximate surface area is 111 Å². The summed E-state index contributed by atoms with van der Waals surface area (Å²) in [5.41, 5.74) is 2.30. The largest absolute Gasteiger partial charge is 0.494 e. The maximum absolute atomic E-state index is 11.3. The molecular weight excluding hydrogens is 250 g/mol. The third kappa shape index (κ3) is 2.18. The van der Waals surface area contributed by atoms with Crippen LogP contribution in [0.2, 0.25) is 5.02 Å². The molecular formula is C14H14ClNO2. The third-order valence-electron chi connectivity index (χ3n) is 2.86. The summed E-state index contributed by atoms with van der Waals surface area (Å²) >= 11 is 6.37. The van der Waals surface area contributed by atoms with E-state index in [2.05, 4.69) is 4.98 Å². The van der Waals surface area contributed by atoms with E-state index in [4.69, 9.17) is 16.3 Å². The lowest BCUT2D eigenvalue weighted by Gasteiger charge is -2.11. The number of carbonyl (C=O) groups is 1. The predicted molar refractivity (Wildman–Crippen MR) is 72.4 cm³/mol. The molecule has 0 aliphatic rings. The van der Waals surface area contributed by atoms with Gasteiger partial charge >= 0.3 is 0 Å². The number of carbonyl (C=O) groups excluding carboxylic acids is 1. The average molecular weight is 264 g/mol. The third-order valence-corrected chi connectivity index (χ3v) is 3.29. The van der Waals surface area contributed by atoms with Crippen molar-refractivity contribution in [3.63, 3.8) is 0 Å². The van der Waals surface area contributed by atoms with Gasteiger partial charge in [-0.25, -0.2) is 4.98 Å². The van der Waals surface area contributed by atoms with E-state index >= 15 is 0 Å². The van der Waals surface area contributed by atoms with Gasteiger partial charge in [-0.15, -0.1) is 0 Å². The summed E-state index contributed by atoms with van der Waals surface area (Å²) < 4.78 is 5.27. The predicted octanol–water partition coefficient (Wildman–Crippen LogP) is 3.34. The van der Waals surface area contributed by atoms with Crippen molar-refractivity contribution in [3.05, 3.63) is 34.5 Å². The molecule has 0 saturated carbocycles. The van der Waals surface area contributed by atoms with Crippen LogP contribution in [0.5, 0.6) is 5.75 Å². The monoisotopic (exact) mass is 263 g/mol. The Bertz CT molecular complexity index is 623. The van der Waals surface area contributed by atoms with Crippen molar-refractivity contribution in [2.75, 3.05) is 7.11 Å². The highest BCUT2D eigenvalue weighted by molar-refractivity contribution is 6.36. The molecule has 1 heterocycles. The van der Waals surface area contributed by atoms with Gasteiger partial charge in [0.15, 0.2) is 0 Å². The first-order chi connectivity index (χ1) is 8.54. The SMILES string of the molecule is COc1cccc2c(Cl)c(CC(C)=O)c(C)nc12. The van der Waals surface area contributed by atoms with Crippen LogP contribution in [0.15, 0.2) is 18.2 Å². The fourth-order valence-electron chi connectivity index (χ4n) is 1.99. The van der Waals surface area contributed by atoms with Crippen molar-refractivity contribution in [1.29, 1.82) is 0 Å². The van der Waals surface area contributed by atoms with E-state index in [-0.39, 0.29) is 5.78 Å². The molecule has 0 bridgehead atoms. The van der Waals surface area contributed by atoms with Crippen molar-refractivity contribution >= 4 is 28.3 Å². The average Bonchev–Trinajstić information content (AvgIpc) is 2.33. The number of benzene rings is 1. The van der Waals surface area contributed by atoms with Crippen LogP contribution in [0.1, 0.15) is 18.2 Å². The Hall–Kier alpha value is -1.61. The normalized spacial score (nSPS) is 10.7. The molecule has 0 radical (unpaired) electrons. The molecule has 4 heteroatoms. The van der Waals surface area contributed by atoms with Gasteiger partial charge in [0, 0.05) is 17.5 Å². The number of pyridine rings is 1. The number of fused-ring (bicyclic) bond motifs is 1. The number of hydrogen-bond acceptors (Lipinski definition) is 3. The van der Waals surface area contributed by atoms with Crippen molar-refractivity contribution < 1.29 is 9.53 Å². The highest BCUT2D eigenvalue weighted by atomic mass is 35.5. The first-order valence-electron chi connectivity index (χ1n) is 5.65. The Morgan fingerprint density at radius 3 is 2.78 bits per heavy atom. The summed E-state index contributed by atoms with van der Waals surface area (Å²) in [6.07, 6.45) is 0.310. The molecule has 3 nitrogen and oxygen atoms in total. The molecule has 0 aliphatic carbocycles. The van der Waals surface area contributed by atoms with E-state index < -0.39 is 0 Å². The topological polar surface area (TPSA) is 39.2 Å². The number of aryl methyl sites for hydroxylation is 1. The van der Waals surface area contributed by atoms with E-state index in [9.17, 15) is 4.79 Å². The molecule has 18 heavy (non-hydrogen) atoms. The molecule has 0 fully saturated rings. The zero-order valence-corrected chi connectivity index (χ0v) is 11.3. The molecule has 0 amide bonds. The fourth-order valence-corrected chi connectivity index (χ4v) is 2.35. The van der Waals surface area contributed by atoms with E-state index in [0.29, 0.717) is 17.2 Å². The van der Waals surface area contributed by atoms with Gasteiger partial charge in [-0.3, -0.25) is 4.79 Å². The van der Waals surface area contributed by atoms with Crippen molar-refractivity contribution in [2.45, 2.75) is 20.3 Å². The molecule has 0 spiro atoms. The van der Waals surface area contributed by atoms with Crippen LogP contribution in [-0.4, -0.2) is 17.9 Å². The Kier molecular flexibility index (Phi) is 3.53. The maximum Gasteiger partial charge on any atom is 0.145 e. The van der Waals surface area contributed by atoms with Crippen LogP contribution >= 0.6 is 11.6 Å². The molecule has 2 aromatic rings. The van der Waals surface area contributed by atoms with Crippen molar-refractivity contribution in [2.24, 2.45) is 0 Å². The van der Waals surface area contributed by atoms with E-state index in [1.54, 1.807) is 14.0 Å². The number of ether oxygens (including phenoxy) is 1. The zero-order valence-electron chi connectivity index (χ0n) is 10.6. The van der Waals surface area contributed by atoms with Gasteiger partial charge in [-0.2, -0.15) is 0 Å². The first-order valence-corrected chi connectivity index (χ1v) is 6.03. The molecule has 2 rings (SSSR count). The highest BCUT2D eigenvalue weighted by Gasteiger charge is 2.14. The molecule has 1 aromatic carbocycles. The van der Waals surface area contributed by atoms with Gasteiger partial charge in [0.2, 0.25) is 0 Å². The standard InChI is InChI=1S/C14H14ClNO2/c1-8(17)7-11-9(2)16-14-10(13(11)15)5-4-6-12(14)18-3/h4-6H,7H2,1-3H3. The second kappa shape index (κ2) is 4.94. The molecule has 0 saturated heterocycles. The van der Waals surface area contributed by atoms with E-state index in [0.717, 1.165) is 22.2 Å². The van der Waals surface area contributed by atoms with Crippen molar-refractivity contribution in [1.82, 2.24) is 4.98 Å². The van der Waals surface area contributed by atoms with E-state index in [1.807, 2.05) is 25.1 Å². The van der Waals surface area contributed by atoms with Gasteiger partial charge < -0.3 is 4.74 Å². The van der Waals surface area contributed by atoms with Crippen LogP contribution in [0.3, 0.4) is 0 Å². The summed E-state index contributed by atoms with van der Waals surface area (Å²) in [4.78, 5) is 15.8. The lowest BCUT2D eigenvalue weighted by Crippen LogP contribution is -2.03. The van der Waals surface area contributed by atoms with Gasteiger partial charge in [-0.05, 0) is 25.5 Å². The number of nitrogens with zero attached hydrogens (tertiary/aromatic N) is 1. The summed E-state index contributed by atoms with van der Waals surface area (Å²) in [6.45, 7) is 3.40. The second-order valence-electron chi connectivity index (χ2n) is 4.22. The zero-order chi connectivity index (χ0) is 13.3. The van der Waals surface area contributed by atoms with Crippen LogP contribution < -0.4 is 4.74 Å². The van der Waals surface area contributed by atoms with Crippen molar-refractivity contribution in [3.8, 4) is 5.75 Å². The van der Waals surface area contributed by atoms with Crippen LogP contribution in [0.4, 0.5) is 0 Å². The number of ketones is 1. The summed E-state index contributed by atoms with van der Waals surface area (Å²) in [5, 5.41) is 1.41. The molecule has 0 atom stereocenters. The Morgan fingerprint density at radius 2 is 2.17 bits per heavy atom. The van der Waals surface area contributed by atoms with Gasteiger partial charge in [0.1, 0.15) is 17.0 Å². The molecule has 1 aromatic heterocycles. The first kappa shape index (κ1) is 12.8. The van der Waals surface area contributed by atoms with Crippen LogP contribution in [0.25, 0.3) is 10.9 Å². The Morgan fingerprint density at radius 1 is 1.44 bits per heavy atom. The number of rotatable bonds is 3. The molecule has 0 unspecified atom stereocenters. The van der Waals surface area contributed by atoms with Crippen LogP contribution in [-0.2, 0) is 11.2 Å². The lowest BCUT2D eigenvalue weighted by atomic mass is 10.0. The number of halogens is 1. The number of Topliss-reactive ketones (excluding diaryl/α,β-unsaturated/α-hetero) is 1. The molecule has 94 valence electrons. The van der Waals surface area contributed by atoms with Gasteiger partial charge in [0.05, 0.1) is 12.1 Å². The summed E-state index contributed by atoms with van der Waals surface area (Å²) in [7, 11) is 1.60.